The maximum Gasteiger partial charge on any atom is 0.150 e. The van der Waals surface area contributed by atoms with Gasteiger partial charge in [0.2, 0.25) is 0 Å². The van der Waals surface area contributed by atoms with E-state index >= 15 is 0 Å². The lowest BCUT2D eigenvalue weighted by molar-refractivity contribution is 0.0877. The molecule has 0 fully saturated rings. The number of unbranched alkanes of at least 4 members (excludes halogenated alkanes) is 1. The number of rotatable bonds is 6. The molecule has 0 radical (unpaired) electrons. The average Bonchev–Trinajstić information content (AvgIpc) is 2.55. The van der Waals surface area contributed by atoms with Gasteiger partial charge in [-0.3, -0.25) is 0 Å². The van der Waals surface area contributed by atoms with E-state index in [0.29, 0.717) is 23.5 Å². The predicted octanol–water partition coefficient (Wildman–Crippen LogP) is 4.63. The van der Waals surface area contributed by atoms with Crippen LogP contribution in [0.15, 0.2) is 48.5 Å². The third kappa shape index (κ3) is 3.87. The Morgan fingerprint density at radius 2 is 1.64 bits per heavy atom. The largest absolute Gasteiger partial charge is 0.457 e. The molecule has 2 nitrogen and oxygen atoms in total. The van der Waals surface area contributed by atoms with Gasteiger partial charge < -0.3 is 9.84 Å². The molecule has 0 aliphatic rings. The normalized spacial score (nSPS) is 13.2. The molecule has 0 spiro atoms. The third-order valence-corrected chi connectivity index (χ3v) is 3.51. The van der Waals surface area contributed by atoms with Crippen LogP contribution in [0.2, 0.25) is 0 Å². The number of hydrogen-bond donors (Lipinski definition) is 1. The predicted molar refractivity (Wildman–Crippen MR) is 85.2 cm³/mol. The lowest BCUT2D eigenvalue weighted by atomic mass is 9.89. The molecular formula is C19H19FO2. The molecule has 3 heteroatoms. The van der Waals surface area contributed by atoms with E-state index in [1.807, 2.05) is 0 Å². The summed E-state index contributed by atoms with van der Waals surface area (Å²) in [5.41, 5.74) is -0.570. The topological polar surface area (TPSA) is 29.5 Å². The molecule has 1 N–H and O–H groups in total. The van der Waals surface area contributed by atoms with Gasteiger partial charge in [-0.25, -0.2) is 4.39 Å². The van der Waals surface area contributed by atoms with E-state index in [9.17, 15) is 9.50 Å². The summed E-state index contributed by atoms with van der Waals surface area (Å²) in [7, 11) is 0. The van der Waals surface area contributed by atoms with E-state index in [2.05, 4.69) is 12.8 Å². The number of hydrogen-bond acceptors (Lipinski definition) is 2. The Balaban J connectivity index is 2.12. The van der Waals surface area contributed by atoms with Gasteiger partial charge in [0, 0.05) is 0 Å². The molecule has 114 valence electrons. The van der Waals surface area contributed by atoms with Crippen LogP contribution in [-0.2, 0) is 5.60 Å². The van der Waals surface area contributed by atoms with E-state index < -0.39 is 5.60 Å². The van der Waals surface area contributed by atoms with Crippen LogP contribution in [0.3, 0.4) is 0 Å². The fourth-order valence-electron chi connectivity index (χ4n) is 2.17. The Morgan fingerprint density at radius 3 is 2.14 bits per heavy atom. The van der Waals surface area contributed by atoms with Crippen LogP contribution in [-0.4, -0.2) is 5.11 Å². The Labute approximate surface area is 130 Å². The second kappa shape index (κ2) is 7.11. The molecule has 0 aromatic heterocycles. The molecule has 0 aliphatic heterocycles. The first-order valence-electron chi connectivity index (χ1n) is 7.31. The zero-order valence-corrected chi connectivity index (χ0v) is 12.6. The van der Waals surface area contributed by atoms with Crippen molar-refractivity contribution >= 4 is 0 Å². The van der Waals surface area contributed by atoms with Crippen LogP contribution in [0, 0.1) is 18.2 Å². The smallest absolute Gasteiger partial charge is 0.150 e. The molecular weight excluding hydrogens is 279 g/mol. The molecule has 2 aromatic carbocycles. The summed E-state index contributed by atoms with van der Waals surface area (Å²) in [6, 6.07) is 12.8. The third-order valence-electron chi connectivity index (χ3n) is 3.51. The van der Waals surface area contributed by atoms with Crippen LogP contribution in [0.4, 0.5) is 4.39 Å². The number of aliphatic hydroxyl groups is 1. The molecule has 1 atom stereocenters. The fraction of sp³-hybridized carbons (Fsp3) is 0.263. The van der Waals surface area contributed by atoms with Crippen molar-refractivity contribution in [2.24, 2.45) is 0 Å². The highest BCUT2D eigenvalue weighted by molar-refractivity contribution is 5.37. The Hall–Kier alpha value is -2.31. The van der Waals surface area contributed by atoms with Gasteiger partial charge in [0.15, 0.2) is 5.60 Å². The first-order valence-corrected chi connectivity index (χ1v) is 7.31. The number of terminal acetylenes is 1. The van der Waals surface area contributed by atoms with E-state index in [1.54, 1.807) is 36.4 Å². The van der Waals surface area contributed by atoms with E-state index in [4.69, 9.17) is 11.2 Å². The van der Waals surface area contributed by atoms with Crippen molar-refractivity contribution in [3.05, 3.63) is 59.9 Å². The minimum Gasteiger partial charge on any atom is -0.457 e. The van der Waals surface area contributed by atoms with Crippen molar-refractivity contribution in [2.45, 2.75) is 31.8 Å². The average molecular weight is 298 g/mol. The molecule has 0 bridgehead atoms. The van der Waals surface area contributed by atoms with E-state index in [0.717, 1.165) is 12.8 Å². The van der Waals surface area contributed by atoms with Crippen LogP contribution in [0.25, 0.3) is 0 Å². The number of halogens is 1. The van der Waals surface area contributed by atoms with Gasteiger partial charge in [-0.2, -0.15) is 0 Å². The minimum atomic E-state index is -1.25. The SMILES string of the molecule is C#CC(O)(CCCC)c1ccc(Oc2ccc(F)cc2)cc1. The zero-order chi connectivity index (χ0) is 16.0. The van der Waals surface area contributed by atoms with Crippen LogP contribution in [0.5, 0.6) is 11.5 Å². The summed E-state index contributed by atoms with van der Waals surface area (Å²) in [4.78, 5) is 0. The molecule has 0 aliphatic carbocycles. The first kappa shape index (κ1) is 16.1. The van der Waals surface area contributed by atoms with Crippen molar-refractivity contribution < 1.29 is 14.2 Å². The molecule has 22 heavy (non-hydrogen) atoms. The Bertz CT molecular complexity index is 641. The summed E-state index contributed by atoms with van der Waals surface area (Å²) >= 11 is 0. The number of benzene rings is 2. The van der Waals surface area contributed by atoms with Gasteiger partial charge in [-0.15, -0.1) is 6.42 Å². The Kier molecular flexibility index (Phi) is 5.19. The van der Waals surface area contributed by atoms with Crippen molar-refractivity contribution in [2.75, 3.05) is 0 Å². The summed E-state index contributed by atoms with van der Waals surface area (Å²) in [5, 5.41) is 10.5. The second-order valence-electron chi connectivity index (χ2n) is 5.19. The number of ether oxygens (including phenoxy) is 1. The molecule has 2 rings (SSSR count). The van der Waals surface area contributed by atoms with Crippen LogP contribution >= 0.6 is 0 Å². The Morgan fingerprint density at radius 1 is 1.09 bits per heavy atom. The van der Waals surface area contributed by atoms with E-state index in [1.165, 1.54) is 12.1 Å². The fourth-order valence-corrected chi connectivity index (χ4v) is 2.17. The standard InChI is InChI=1S/C19H19FO2/c1-3-5-14-19(21,4-2)15-6-10-17(11-7-15)22-18-12-8-16(20)9-13-18/h2,6-13,21H,3,5,14H2,1H3. The maximum absolute atomic E-state index is 12.8. The first-order chi connectivity index (χ1) is 10.6. The van der Waals surface area contributed by atoms with Crippen molar-refractivity contribution in [3.63, 3.8) is 0 Å². The minimum absolute atomic E-state index is 0.308. The molecule has 1 unspecified atom stereocenters. The van der Waals surface area contributed by atoms with Gasteiger partial charge in [-0.1, -0.05) is 31.4 Å². The highest BCUT2D eigenvalue weighted by Crippen LogP contribution is 2.29. The quantitative estimate of drug-likeness (QED) is 0.788. The van der Waals surface area contributed by atoms with Gasteiger partial charge in [0.25, 0.3) is 0 Å². The van der Waals surface area contributed by atoms with Crippen molar-refractivity contribution in [1.29, 1.82) is 0 Å². The molecule has 0 saturated carbocycles. The van der Waals surface area contributed by atoms with Crippen LogP contribution < -0.4 is 4.74 Å². The highest BCUT2D eigenvalue weighted by Gasteiger charge is 2.25. The van der Waals surface area contributed by atoms with Crippen molar-refractivity contribution in [1.82, 2.24) is 0 Å². The van der Waals surface area contributed by atoms with Crippen molar-refractivity contribution in [3.8, 4) is 23.8 Å². The maximum atomic E-state index is 12.8. The van der Waals surface area contributed by atoms with E-state index in [-0.39, 0.29) is 5.82 Å². The second-order valence-corrected chi connectivity index (χ2v) is 5.19. The molecule has 0 heterocycles. The summed E-state index contributed by atoms with van der Waals surface area (Å²) in [6.45, 7) is 2.05. The molecule has 0 saturated heterocycles. The van der Waals surface area contributed by atoms with Gasteiger partial charge in [0.1, 0.15) is 17.3 Å². The van der Waals surface area contributed by atoms with Gasteiger partial charge in [0.05, 0.1) is 0 Å². The zero-order valence-electron chi connectivity index (χ0n) is 12.6. The summed E-state index contributed by atoms with van der Waals surface area (Å²) in [6.07, 6.45) is 7.84. The molecule has 0 amide bonds. The van der Waals surface area contributed by atoms with Gasteiger partial charge in [-0.05, 0) is 54.8 Å². The lowest BCUT2D eigenvalue weighted by Crippen LogP contribution is -2.23. The lowest BCUT2D eigenvalue weighted by Gasteiger charge is -2.22. The highest BCUT2D eigenvalue weighted by atomic mass is 19.1. The molecule has 2 aromatic rings. The van der Waals surface area contributed by atoms with Crippen LogP contribution in [0.1, 0.15) is 31.7 Å². The summed E-state index contributed by atoms with van der Waals surface area (Å²) in [5.74, 6) is 3.32. The summed E-state index contributed by atoms with van der Waals surface area (Å²) < 4.78 is 18.5. The monoisotopic (exact) mass is 298 g/mol. The van der Waals surface area contributed by atoms with Gasteiger partial charge >= 0.3 is 0 Å².